The van der Waals surface area contributed by atoms with Gasteiger partial charge in [-0.1, -0.05) is 78.9 Å². The lowest BCUT2D eigenvalue weighted by molar-refractivity contribution is -0.137. The van der Waals surface area contributed by atoms with Crippen molar-refractivity contribution in [3.05, 3.63) is 103 Å². The first-order valence-electron chi connectivity index (χ1n) is 9.69. The Balaban J connectivity index is 1.82. The maximum atomic E-state index is 14.2. The molecule has 0 N–H and O–H groups in total. The van der Waals surface area contributed by atoms with Crippen LogP contribution in [0.2, 0.25) is 0 Å². The summed E-state index contributed by atoms with van der Waals surface area (Å²) in [5, 5.41) is 0.0369. The molecule has 1 nitrogen and oxygen atoms in total. The fraction of sp³-hybridized carbons (Fsp3) is 0.120. The average Bonchev–Trinajstić information content (AvgIpc) is 2.77. The molecule has 1 aliphatic heterocycles. The molecule has 3 aromatic rings. The zero-order chi connectivity index (χ0) is 20.7. The number of hydrogen-bond donors (Lipinski definition) is 0. The number of para-hydroxylation sites is 2. The van der Waals surface area contributed by atoms with E-state index in [2.05, 4.69) is 6.08 Å². The SMILES string of the molecule is FC(F)(F)c1cccc(-c2ccccc2)c1N1c2ccccc2SC2C=CC=CC21. The molecule has 30 heavy (non-hydrogen) atoms. The topological polar surface area (TPSA) is 3.24 Å². The van der Waals surface area contributed by atoms with Crippen molar-refractivity contribution < 1.29 is 13.2 Å². The lowest BCUT2D eigenvalue weighted by Gasteiger charge is -2.43. The lowest BCUT2D eigenvalue weighted by atomic mass is 9.95. The minimum atomic E-state index is -4.47. The van der Waals surface area contributed by atoms with Crippen LogP contribution in [0.3, 0.4) is 0 Å². The number of nitrogens with zero attached hydrogens (tertiary/aromatic N) is 1. The maximum absolute atomic E-state index is 14.2. The van der Waals surface area contributed by atoms with Gasteiger partial charge in [0.1, 0.15) is 0 Å². The number of rotatable bonds is 2. The summed E-state index contributed by atoms with van der Waals surface area (Å²) in [5.74, 6) is 0. The van der Waals surface area contributed by atoms with Crippen molar-refractivity contribution in [1.82, 2.24) is 0 Å². The number of thioether (sulfide) groups is 1. The van der Waals surface area contributed by atoms with Gasteiger partial charge in [-0.25, -0.2) is 0 Å². The minimum Gasteiger partial charge on any atom is -0.331 e. The minimum absolute atomic E-state index is 0.0369. The van der Waals surface area contributed by atoms with Gasteiger partial charge in [-0.15, -0.1) is 11.8 Å². The molecule has 5 rings (SSSR count). The van der Waals surface area contributed by atoms with Gasteiger partial charge in [0.2, 0.25) is 0 Å². The second-order valence-electron chi connectivity index (χ2n) is 7.25. The van der Waals surface area contributed by atoms with Crippen LogP contribution < -0.4 is 4.90 Å². The molecule has 5 heteroatoms. The fourth-order valence-corrected chi connectivity index (χ4v) is 5.39. The Bertz CT molecular complexity index is 1130. The quantitative estimate of drug-likeness (QED) is 0.422. The molecule has 0 saturated carbocycles. The number of hydrogen-bond acceptors (Lipinski definition) is 2. The molecule has 0 aromatic heterocycles. The number of fused-ring (bicyclic) bond motifs is 2. The highest BCUT2D eigenvalue weighted by molar-refractivity contribution is 8.00. The highest BCUT2D eigenvalue weighted by atomic mass is 32.2. The Morgan fingerprint density at radius 1 is 0.767 bits per heavy atom. The van der Waals surface area contributed by atoms with Crippen LogP contribution in [-0.2, 0) is 6.18 Å². The molecule has 2 atom stereocenters. The molecule has 2 unspecified atom stereocenters. The van der Waals surface area contributed by atoms with Crippen LogP contribution in [0, 0.1) is 0 Å². The van der Waals surface area contributed by atoms with Crippen LogP contribution >= 0.6 is 11.8 Å². The summed E-state index contributed by atoms with van der Waals surface area (Å²) >= 11 is 1.69. The van der Waals surface area contributed by atoms with E-state index in [1.54, 1.807) is 17.8 Å². The molecule has 150 valence electrons. The van der Waals surface area contributed by atoms with E-state index >= 15 is 0 Å². The van der Waals surface area contributed by atoms with Crippen molar-refractivity contribution in [2.75, 3.05) is 4.90 Å². The van der Waals surface area contributed by atoms with Gasteiger partial charge in [0.25, 0.3) is 0 Å². The number of halogens is 3. The average molecular weight is 421 g/mol. The van der Waals surface area contributed by atoms with Crippen LogP contribution in [0.4, 0.5) is 24.5 Å². The number of benzene rings is 3. The van der Waals surface area contributed by atoms with Gasteiger partial charge in [-0.05, 0) is 23.8 Å². The Morgan fingerprint density at radius 2 is 1.50 bits per heavy atom. The number of anilines is 2. The van der Waals surface area contributed by atoms with Gasteiger partial charge in [-0.3, -0.25) is 0 Å². The third-order valence-corrected chi connectivity index (χ3v) is 6.72. The predicted octanol–water partition coefficient (Wildman–Crippen LogP) is 7.48. The summed E-state index contributed by atoms with van der Waals surface area (Å²) in [6, 6.07) is 21.2. The number of alkyl halides is 3. The van der Waals surface area contributed by atoms with E-state index in [1.165, 1.54) is 12.1 Å². The van der Waals surface area contributed by atoms with Crippen molar-refractivity contribution in [3.63, 3.8) is 0 Å². The van der Waals surface area contributed by atoms with E-state index in [-0.39, 0.29) is 17.0 Å². The first-order valence-corrected chi connectivity index (χ1v) is 10.6. The highest BCUT2D eigenvalue weighted by Crippen LogP contribution is 2.52. The second-order valence-corrected chi connectivity index (χ2v) is 8.47. The fourth-order valence-electron chi connectivity index (χ4n) is 4.13. The van der Waals surface area contributed by atoms with Crippen molar-refractivity contribution in [1.29, 1.82) is 0 Å². The molecule has 0 bridgehead atoms. The first-order chi connectivity index (χ1) is 14.5. The summed E-state index contributed by atoms with van der Waals surface area (Å²) in [4.78, 5) is 2.86. The molecule has 3 aromatic carbocycles. The molecule has 1 heterocycles. The monoisotopic (exact) mass is 421 g/mol. The summed E-state index contributed by atoms with van der Waals surface area (Å²) in [6.07, 6.45) is 3.48. The molecule has 0 saturated heterocycles. The van der Waals surface area contributed by atoms with E-state index < -0.39 is 11.7 Å². The molecular weight excluding hydrogens is 403 g/mol. The molecule has 0 radical (unpaired) electrons. The lowest BCUT2D eigenvalue weighted by Crippen LogP contribution is -2.42. The van der Waals surface area contributed by atoms with Gasteiger partial charge >= 0.3 is 6.18 Å². The van der Waals surface area contributed by atoms with Gasteiger partial charge in [-0.2, -0.15) is 13.2 Å². The molecule has 0 fully saturated rings. The van der Waals surface area contributed by atoms with Gasteiger partial charge in [0.05, 0.1) is 28.2 Å². The molecular formula is C25H18F3NS. The van der Waals surface area contributed by atoms with Crippen LogP contribution in [0.5, 0.6) is 0 Å². The van der Waals surface area contributed by atoms with Crippen LogP contribution in [0.1, 0.15) is 5.56 Å². The van der Waals surface area contributed by atoms with E-state index in [0.717, 1.165) is 16.1 Å². The summed E-state index contributed by atoms with van der Waals surface area (Å²) in [6.45, 7) is 0. The molecule has 0 spiro atoms. The zero-order valence-corrected chi connectivity index (χ0v) is 16.7. The van der Waals surface area contributed by atoms with Crippen molar-refractivity contribution in [2.24, 2.45) is 0 Å². The third kappa shape index (κ3) is 3.23. The molecule has 0 amide bonds. The summed E-state index contributed by atoms with van der Waals surface area (Å²) in [5.41, 5.74) is 1.73. The van der Waals surface area contributed by atoms with E-state index in [9.17, 15) is 13.2 Å². The van der Waals surface area contributed by atoms with Crippen LogP contribution in [0.25, 0.3) is 11.1 Å². The third-order valence-electron chi connectivity index (χ3n) is 5.41. The standard InChI is InChI=1S/C25H18F3NS/c26-25(27,28)19-12-8-11-18(17-9-2-1-3-10-17)24(19)29-20-13-4-6-15-22(20)30-23-16-7-5-14-21(23)29/h1-16,20,22H. The van der Waals surface area contributed by atoms with Crippen LogP contribution in [0.15, 0.2) is 102 Å². The van der Waals surface area contributed by atoms with Crippen molar-refractivity contribution >= 4 is 23.1 Å². The molecule has 2 aliphatic rings. The number of allylic oxidation sites excluding steroid dienone is 2. The van der Waals surface area contributed by atoms with E-state index in [0.29, 0.717) is 5.56 Å². The zero-order valence-electron chi connectivity index (χ0n) is 15.9. The van der Waals surface area contributed by atoms with Gasteiger partial charge in [0.15, 0.2) is 0 Å². The Kier molecular flexibility index (Phi) is 4.70. The first kappa shape index (κ1) is 19.1. The Hall–Kier alpha value is -2.92. The highest BCUT2D eigenvalue weighted by Gasteiger charge is 2.41. The van der Waals surface area contributed by atoms with Gasteiger partial charge in [0, 0.05) is 10.5 Å². The molecule has 1 aliphatic carbocycles. The smallest absolute Gasteiger partial charge is 0.331 e. The second kappa shape index (κ2) is 7.40. The van der Waals surface area contributed by atoms with E-state index in [1.807, 2.05) is 77.7 Å². The maximum Gasteiger partial charge on any atom is 0.418 e. The van der Waals surface area contributed by atoms with E-state index in [4.69, 9.17) is 0 Å². The van der Waals surface area contributed by atoms with Gasteiger partial charge < -0.3 is 4.90 Å². The normalized spacial score (nSPS) is 20.0. The summed E-state index contributed by atoms with van der Waals surface area (Å²) in [7, 11) is 0. The predicted molar refractivity (Wildman–Crippen MR) is 117 cm³/mol. The van der Waals surface area contributed by atoms with Crippen molar-refractivity contribution in [3.8, 4) is 11.1 Å². The Labute approximate surface area is 177 Å². The van der Waals surface area contributed by atoms with Crippen molar-refractivity contribution in [2.45, 2.75) is 22.4 Å². The summed E-state index contributed by atoms with van der Waals surface area (Å²) < 4.78 is 42.7. The Morgan fingerprint density at radius 3 is 2.30 bits per heavy atom. The van der Waals surface area contributed by atoms with Crippen LogP contribution in [-0.4, -0.2) is 11.3 Å². The largest absolute Gasteiger partial charge is 0.418 e.